The number of ether oxygens (including phenoxy) is 4. The number of halogens is 1. The molecule has 256 valence electrons. The molecular weight excluding hydrogens is 667 g/mol. The lowest BCUT2D eigenvalue weighted by molar-refractivity contribution is -0.155. The van der Waals surface area contributed by atoms with Crippen LogP contribution in [0, 0.1) is 0 Å². The minimum atomic E-state index is -5.07. The van der Waals surface area contributed by atoms with E-state index in [-0.39, 0.29) is 42.5 Å². The van der Waals surface area contributed by atoms with E-state index in [1.54, 1.807) is 24.3 Å². The Kier molecular flexibility index (Phi) is 11.2. The summed E-state index contributed by atoms with van der Waals surface area (Å²) in [6.07, 6.45) is -6.65. The highest BCUT2D eigenvalue weighted by molar-refractivity contribution is 7.46. The fourth-order valence-corrected chi connectivity index (χ4v) is 5.91. The van der Waals surface area contributed by atoms with Gasteiger partial charge in [0, 0.05) is 17.0 Å². The number of nitrogens with one attached hydrogen (secondary N) is 1. The van der Waals surface area contributed by atoms with Gasteiger partial charge in [0.2, 0.25) is 12.2 Å². The van der Waals surface area contributed by atoms with E-state index in [0.717, 1.165) is 5.56 Å². The molecule has 2 aliphatic heterocycles. The second kappa shape index (κ2) is 15.0. The van der Waals surface area contributed by atoms with Gasteiger partial charge in [-0.3, -0.25) is 14.6 Å². The van der Waals surface area contributed by atoms with E-state index in [9.17, 15) is 39.6 Å². The minimum Gasteiger partial charge on any atom is -0.461 e. The van der Waals surface area contributed by atoms with Gasteiger partial charge in [0.05, 0.1) is 18.4 Å². The second-order valence-electron chi connectivity index (χ2n) is 11.1. The molecule has 0 spiro atoms. The Morgan fingerprint density at radius 2 is 1.81 bits per heavy atom. The smallest absolute Gasteiger partial charge is 0.461 e. The number of amides is 1. The first-order valence-corrected chi connectivity index (χ1v) is 16.3. The zero-order valence-electron chi connectivity index (χ0n) is 24.7. The molecule has 3 aliphatic rings. The second-order valence-corrected chi connectivity index (χ2v) is 12.7. The lowest BCUT2D eigenvalue weighted by Gasteiger charge is -2.41. The quantitative estimate of drug-likeness (QED) is 0.0736. The van der Waals surface area contributed by atoms with E-state index >= 15 is 0 Å². The molecule has 2 heterocycles. The van der Waals surface area contributed by atoms with Crippen LogP contribution in [0.4, 0.5) is 0 Å². The first-order valence-electron chi connectivity index (χ1n) is 14.3. The van der Waals surface area contributed by atoms with E-state index in [2.05, 4.69) is 10.5 Å². The highest BCUT2D eigenvalue weighted by Crippen LogP contribution is 2.43. The topological polar surface area (TPSA) is 235 Å². The lowest BCUT2D eigenvalue weighted by Crippen LogP contribution is -2.67. The number of hydrogen-bond donors (Lipinski definition) is 7. The van der Waals surface area contributed by atoms with Crippen molar-refractivity contribution >= 4 is 37.6 Å². The van der Waals surface area contributed by atoms with Crippen LogP contribution >= 0.6 is 19.4 Å². The molecule has 0 aromatic heterocycles. The molecular formula is C29H34ClN2O14P. The zero-order valence-corrected chi connectivity index (χ0v) is 26.4. The highest BCUT2D eigenvalue weighted by atomic mass is 35.5. The average molecular weight is 701 g/mol. The minimum absolute atomic E-state index is 0.0202. The normalized spacial score (nSPS) is 31.1. The zero-order chi connectivity index (χ0) is 33.9. The Morgan fingerprint density at radius 1 is 1.06 bits per heavy atom. The van der Waals surface area contributed by atoms with E-state index in [0.29, 0.717) is 5.02 Å². The summed E-state index contributed by atoms with van der Waals surface area (Å²) in [6, 6.07) is 9.73. The largest absolute Gasteiger partial charge is 0.524 e. The van der Waals surface area contributed by atoms with Crippen molar-refractivity contribution in [1.82, 2.24) is 5.32 Å². The number of aliphatic hydroxyl groups is 4. The van der Waals surface area contributed by atoms with Crippen molar-refractivity contribution in [3.63, 3.8) is 0 Å². The number of oxime groups is 1. The van der Waals surface area contributed by atoms with Crippen LogP contribution in [0.2, 0.25) is 5.02 Å². The summed E-state index contributed by atoms with van der Waals surface area (Å²) in [4.78, 5) is 37.2. The monoisotopic (exact) mass is 700 g/mol. The molecule has 0 bridgehead atoms. The third-order valence-electron chi connectivity index (χ3n) is 7.61. The molecule has 18 heteroatoms. The van der Waals surface area contributed by atoms with Gasteiger partial charge in [-0.2, -0.15) is 0 Å². The van der Waals surface area contributed by atoms with Crippen molar-refractivity contribution in [1.29, 1.82) is 0 Å². The average Bonchev–Trinajstić information content (AvgIpc) is 3.64. The van der Waals surface area contributed by atoms with Crippen LogP contribution in [0.25, 0.3) is 6.08 Å². The Labute approximate surface area is 273 Å². The van der Waals surface area contributed by atoms with Crippen molar-refractivity contribution in [2.75, 3.05) is 6.79 Å². The summed E-state index contributed by atoms with van der Waals surface area (Å²) in [5.74, 6) is -1.23. The van der Waals surface area contributed by atoms with Crippen LogP contribution in [0.5, 0.6) is 11.5 Å². The molecule has 2 aromatic rings. The lowest BCUT2D eigenvalue weighted by atomic mass is 9.83. The fourth-order valence-electron chi connectivity index (χ4n) is 5.29. The van der Waals surface area contributed by atoms with Crippen LogP contribution < -0.4 is 14.6 Å². The molecule has 2 aromatic carbocycles. The number of carbonyl (C=O) groups excluding carboxylic acids is 1. The number of phosphoric acid groups is 1. The predicted molar refractivity (Wildman–Crippen MR) is 162 cm³/mol. The molecule has 3 fully saturated rings. The number of phosphoric ester groups is 1. The van der Waals surface area contributed by atoms with Crippen molar-refractivity contribution in [2.24, 2.45) is 5.16 Å². The predicted octanol–water partition coefficient (Wildman–Crippen LogP) is 0.595. The van der Waals surface area contributed by atoms with Gasteiger partial charge >= 0.3 is 7.82 Å². The molecule has 1 aliphatic carbocycles. The summed E-state index contributed by atoms with van der Waals surface area (Å²) in [6.45, 7) is 1.37. The molecule has 2 saturated heterocycles. The number of aliphatic hydroxyl groups excluding tert-OH is 4. The van der Waals surface area contributed by atoms with Crippen molar-refractivity contribution < 1.29 is 67.9 Å². The van der Waals surface area contributed by atoms with Gasteiger partial charge in [-0.05, 0) is 48.4 Å². The van der Waals surface area contributed by atoms with Crippen LogP contribution in [0.1, 0.15) is 24.5 Å². The molecule has 0 radical (unpaired) electrons. The summed E-state index contributed by atoms with van der Waals surface area (Å²) < 4.78 is 38.5. The molecule has 47 heavy (non-hydrogen) atoms. The maximum atomic E-state index is 13.0. The van der Waals surface area contributed by atoms with Gasteiger partial charge in [-0.15, -0.1) is 0 Å². The van der Waals surface area contributed by atoms with Crippen LogP contribution in [-0.4, -0.2) is 104 Å². The van der Waals surface area contributed by atoms with Crippen molar-refractivity contribution in [3.05, 3.63) is 64.2 Å². The highest BCUT2D eigenvalue weighted by Gasteiger charge is 2.53. The third-order valence-corrected chi connectivity index (χ3v) is 8.28. The van der Waals surface area contributed by atoms with Crippen molar-refractivity contribution in [2.45, 2.75) is 75.0 Å². The molecule has 0 unspecified atom stereocenters. The van der Waals surface area contributed by atoms with Gasteiger partial charge in [0.1, 0.15) is 50.0 Å². The fraction of sp³-hybridized carbons (Fsp3) is 0.448. The van der Waals surface area contributed by atoms with Gasteiger partial charge in [-0.1, -0.05) is 35.0 Å². The van der Waals surface area contributed by atoms with Crippen molar-refractivity contribution in [3.8, 4) is 11.5 Å². The molecule has 1 saturated carbocycles. The van der Waals surface area contributed by atoms with Crippen LogP contribution in [-0.2, 0) is 35.0 Å². The molecule has 1 amide bonds. The van der Waals surface area contributed by atoms with Gasteiger partial charge < -0.3 is 54.1 Å². The van der Waals surface area contributed by atoms with Gasteiger partial charge in [-0.25, -0.2) is 4.57 Å². The van der Waals surface area contributed by atoms with E-state index in [1.165, 1.54) is 37.4 Å². The maximum Gasteiger partial charge on any atom is 0.524 e. The van der Waals surface area contributed by atoms with Gasteiger partial charge in [0.25, 0.3) is 0 Å². The van der Waals surface area contributed by atoms with E-state index < -0.39 is 68.8 Å². The summed E-state index contributed by atoms with van der Waals surface area (Å²) in [5.41, 5.74) is 1.12. The Morgan fingerprint density at radius 3 is 2.53 bits per heavy atom. The maximum absolute atomic E-state index is 13.0. The van der Waals surface area contributed by atoms with E-state index in [1.807, 2.05) is 0 Å². The summed E-state index contributed by atoms with van der Waals surface area (Å²) in [7, 11) is -5.07. The molecule has 7 N–H and O–H groups in total. The first-order chi connectivity index (χ1) is 22.3. The molecule has 9 atom stereocenters. The standard InChI is InChI=1S/C29H34ClN2O14P/c1-14(29(37)32-23-24(34)26(36)28-27(25(23)35)41-13-42-28)7-15-5-6-19(20(9-15)46-47(38,39)40)44-22-10-18(33)21(45-22)11-31-43-12-16-3-2-4-17(30)8-16/h2-9,11,18,21-28,33-36H,10,12-13H2,1H3,(H,32,37)(H2,38,39,40)/b14-7+,31-11-/t18-,21+,22+,23+,24-,25+,26+,27-,28+/m0/s1. The van der Waals surface area contributed by atoms with Crippen LogP contribution in [0.15, 0.2) is 53.2 Å². The Balaban J connectivity index is 1.23. The SMILES string of the molecule is C/C(=C\c1ccc(O[C@H]2C[C@H](O)[C@@H](/C=N\OCc3cccc(Cl)c3)O2)c(OP(=O)(O)O)c1)C(=O)N[C@@H]1[C@H](O)[C@@H](O)[C@H]2OCO[C@H]2[C@@H]1O. The first kappa shape index (κ1) is 35.2. The molecule has 16 nitrogen and oxygen atoms in total. The summed E-state index contributed by atoms with van der Waals surface area (Å²) in [5, 5.41) is 48.7. The van der Waals surface area contributed by atoms with Gasteiger partial charge in [0.15, 0.2) is 11.5 Å². The number of nitrogens with zero attached hydrogens (tertiary/aromatic N) is 1. The Hall–Kier alpha value is -3.12. The van der Waals surface area contributed by atoms with E-state index in [4.69, 9.17) is 39.9 Å². The van der Waals surface area contributed by atoms with Crippen LogP contribution in [0.3, 0.4) is 0 Å². The number of fused-ring (bicyclic) bond motifs is 1. The third kappa shape index (κ3) is 8.87. The molecule has 5 rings (SSSR count). The number of carbonyl (C=O) groups is 1. The number of hydrogen-bond acceptors (Lipinski definition) is 13. The summed E-state index contributed by atoms with van der Waals surface area (Å²) >= 11 is 5.95. The Bertz CT molecular complexity index is 1540. The number of benzene rings is 2. The number of rotatable bonds is 11.